The number of hydrogen-bond acceptors (Lipinski definition) is 18. The number of aromatic nitrogens is 4. The molecular formula is C44H50N6O22. The van der Waals surface area contributed by atoms with Crippen LogP contribution >= 0.6 is 0 Å². The molecule has 4 aromatic carbocycles. The Kier molecular flexibility index (Phi) is 36.9. The summed E-state index contributed by atoms with van der Waals surface area (Å²) in [6.07, 6.45) is 7.44. The van der Waals surface area contributed by atoms with Crippen molar-refractivity contribution in [2.24, 2.45) is 5.73 Å². The van der Waals surface area contributed by atoms with Gasteiger partial charge in [-0.1, -0.05) is 72.8 Å². The maximum atomic E-state index is 11.0. The van der Waals surface area contributed by atoms with Crippen LogP contribution in [-0.2, 0) is 64.0 Å². The lowest BCUT2D eigenvalue weighted by Crippen LogP contribution is -2.32. The second-order valence-corrected chi connectivity index (χ2v) is 13.1. The van der Waals surface area contributed by atoms with Gasteiger partial charge in [-0.25, -0.2) is 9.59 Å². The standard InChI is InChI=1S/C11H12N2O2.2C11H9NO3.C10H9NO2.CO2.H3N.2H2O2.2O2.2H2O/c12-9(11(14)15)5-7-6-13-10-4-2-1-3-8(7)10;2*13-10(11(14)15)5-7-6-12-9-4-2-1-3-8(7)9;12-10(13)5-7-6-11-9-4-2-1-3-8(7)9;2-1-3;;4*1-2;;/h1-4,6,9,13H,5,12H2,(H,14,15);2*1-4,6,12H,5H2,(H,14,15);1-4,6,11H,5H2,(H,12,13);;1H3;2*1-2H;;;2*1H2. The molecule has 0 spiro atoms. The number of nitrogens with one attached hydrogen (secondary N) is 4. The molecule has 0 saturated carbocycles. The number of fused-ring (bicyclic) bond motifs is 4. The summed E-state index contributed by atoms with van der Waals surface area (Å²) in [6.45, 7) is 0. The number of carboxylic acid groups (broad SMARTS) is 4. The van der Waals surface area contributed by atoms with Crippen molar-refractivity contribution in [2.45, 2.75) is 31.7 Å². The topological polar surface area (TPSA) is 554 Å². The second kappa shape index (κ2) is 38.5. The van der Waals surface area contributed by atoms with Crippen LogP contribution in [0.5, 0.6) is 0 Å². The number of Topliss-reactive ketones (excluding diaryl/α,β-unsaturated/α-hetero) is 2. The molecule has 28 nitrogen and oxygen atoms in total. The average Bonchev–Trinajstić information content (AvgIpc) is 4.18. The highest BCUT2D eigenvalue weighted by atomic mass is 17.0. The van der Waals surface area contributed by atoms with Crippen molar-refractivity contribution in [1.82, 2.24) is 26.1 Å². The number of rotatable bonds is 11. The van der Waals surface area contributed by atoms with E-state index in [1.165, 1.54) is 0 Å². The van der Waals surface area contributed by atoms with Gasteiger partial charge in [-0.2, -0.15) is 9.59 Å². The minimum absolute atomic E-state index is 0. The Morgan fingerprint density at radius 3 is 0.944 bits per heavy atom. The Hall–Kier alpha value is -9.48. The Bertz CT molecular complexity index is 2800. The van der Waals surface area contributed by atoms with E-state index in [0.717, 1.165) is 65.9 Å². The maximum absolute atomic E-state index is 11.0. The van der Waals surface area contributed by atoms with Gasteiger partial charge in [-0.15, -0.1) is 0 Å². The van der Waals surface area contributed by atoms with Crippen molar-refractivity contribution in [3.05, 3.63) is 164 Å². The van der Waals surface area contributed by atoms with Crippen molar-refractivity contribution in [2.75, 3.05) is 0 Å². The van der Waals surface area contributed by atoms with Crippen LogP contribution in [0.2, 0.25) is 0 Å². The van der Waals surface area contributed by atoms with Crippen LogP contribution in [0.1, 0.15) is 22.3 Å². The van der Waals surface area contributed by atoms with Crippen LogP contribution in [0.4, 0.5) is 0 Å². The van der Waals surface area contributed by atoms with Crippen LogP contribution in [0.25, 0.3) is 43.6 Å². The molecule has 0 aliphatic rings. The van der Waals surface area contributed by atoms with Gasteiger partial charge in [-0.05, 0) is 46.5 Å². The minimum Gasteiger partial charge on any atom is -0.481 e. The van der Waals surface area contributed by atoms with E-state index in [4.69, 9.17) is 76.6 Å². The number of nitrogens with two attached hydrogens (primary N) is 1. The molecular weight excluding hydrogens is 965 g/mol. The minimum atomic E-state index is -1.39. The molecule has 8 rings (SSSR count). The zero-order valence-corrected chi connectivity index (χ0v) is 37.2. The number of carbonyl (C=O) groups is 6. The molecule has 21 N–H and O–H groups in total. The lowest BCUT2D eigenvalue weighted by atomic mass is 10.1. The predicted octanol–water partition coefficient (Wildman–Crippen LogP) is 3.74. The van der Waals surface area contributed by atoms with E-state index in [2.05, 4.69) is 19.9 Å². The van der Waals surface area contributed by atoms with Crippen molar-refractivity contribution in [3.8, 4) is 0 Å². The number of aliphatic carboxylic acids is 4. The second-order valence-electron chi connectivity index (χ2n) is 13.1. The molecule has 0 radical (unpaired) electrons. The molecule has 0 aliphatic heterocycles. The first kappa shape index (κ1) is 69.1. The van der Waals surface area contributed by atoms with Gasteiger partial charge >= 0.3 is 30.0 Å². The van der Waals surface area contributed by atoms with E-state index in [1.807, 2.05) is 103 Å². The molecule has 4 heterocycles. The number of carboxylic acids is 4. The van der Waals surface area contributed by atoms with Crippen molar-refractivity contribution < 1.29 is 90.8 Å². The number of para-hydroxylation sites is 4. The normalized spacial score (nSPS) is 9.29. The maximum Gasteiger partial charge on any atom is 0.373 e. The monoisotopic (exact) mass is 1010 g/mol. The summed E-state index contributed by atoms with van der Waals surface area (Å²) in [5, 5.41) is 62.2. The molecule has 0 saturated heterocycles. The van der Waals surface area contributed by atoms with E-state index in [1.54, 1.807) is 18.6 Å². The zero-order valence-electron chi connectivity index (χ0n) is 37.2. The molecule has 1 unspecified atom stereocenters. The van der Waals surface area contributed by atoms with Crippen LogP contribution in [0.3, 0.4) is 0 Å². The molecule has 388 valence electrons. The molecule has 0 aliphatic carbocycles. The number of benzene rings is 4. The molecule has 72 heavy (non-hydrogen) atoms. The lowest BCUT2D eigenvalue weighted by molar-refractivity contribution is -0.191. The Labute approximate surface area is 402 Å². The molecule has 1 atom stereocenters. The number of ketones is 2. The van der Waals surface area contributed by atoms with Crippen LogP contribution in [0.15, 0.2) is 122 Å². The molecule has 0 bridgehead atoms. The van der Waals surface area contributed by atoms with Gasteiger partial charge in [0, 0.05) is 108 Å². The van der Waals surface area contributed by atoms with Gasteiger partial charge < -0.3 is 63.2 Å². The quantitative estimate of drug-likeness (QED) is 0.0498. The summed E-state index contributed by atoms with van der Waals surface area (Å²) in [5.74, 6) is -6.13. The average molecular weight is 1010 g/mol. The lowest BCUT2D eigenvalue weighted by Gasteiger charge is -2.04. The molecule has 8 aromatic rings. The number of H-pyrrole nitrogens is 4. The van der Waals surface area contributed by atoms with Gasteiger partial charge in [-0.3, -0.25) is 40.2 Å². The van der Waals surface area contributed by atoms with Gasteiger partial charge in [0.2, 0.25) is 11.6 Å². The Morgan fingerprint density at radius 1 is 0.458 bits per heavy atom. The Morgan fingerprint density at radius 2 is 0.694 bits per heavy atom. The van der Waals surface area contributed by atoms with Crippen molar-refractivity contribution in [1.29, 1.82) is 0 Å². The highest BCUT2D eigenvalue weighted by Gasteiger charge is 2.16. The molecule has 0 fully saturated rings. The summed E-state index contributed by atoms with van der Waals surface area (Å²) in [4.78, 5) is 120. The van der Waals surface area contributed by atoms with Crippen LogP contribution in [-0.4, -0.2) is 120 Å². The predicted molar refractivity (Wildman–Crippen MR) is 258 cm³/mol. The fraction of sp³-hybridized carbons (Fsp3) is 0.114. The Balaban J connectivity index is -0.000000396. The van der Waals surface area contributed by atoms with Crippen molar-refractivity contribution in [3.63, 3.8) is 0 Å². The molecule has 28 heteroatoms. The van der Waals surface area contributed by atoms with Crippen LogP contribution in [0, 0.1) is 19.9 Å². The van der Waals surface area contributed by atoms with E-state index in [-0.39, 0.29) is 42.5 Å². The van der Waals surface area contributed by atoms with Gasteiger partial charge in [0.1, 0.15) is 6.04 Å². The number of aromatic amines is 4. The third kappa shape index (κ3) is 22.1. The van der Waals surface area contributed by atoms with Crippen molar-refractivity contribution >= 4 is 85.2 Å². The SMILES string of the molecule is N.NC(Cc1c[nH]c2ccccc12)C(=O)O.O.O.O=C(O)C(=O)Cc1c[nH]c2ccccc12.O=C(O)C(=O)Cc1c[nH]c2ccccc12.O=C(O)Cc1c[nH]c2ccccc12.O=C=O.O=O.O=O.OO.OO. The summed E-state index contributed by atoms with van der Waals surface area (Å²) in [6, 6.07) is 29.5. The third-order valence-electron chi connectivity index (χ3n) is 8.98. The third-order valence-corrected chi connectivity index (χ3v) is 8.98. The van der Waals surface area contributed by atoms with Gasteiger partial charge in [0.25, 0.3) is 0 Å². The van der Waals surface area contributed by atoms with E-state index in [0.29, 0.717) is 6.42 Å². The van der Waals surface area contributed by atoms with Gasteiger partial charge in [0.15, 0.2) is 0 Å². The van der Waals surface area contributed by atoms with E-state index < -0.39 is 41.5 Å². The first-order valence-electron chi connectivity index (χ1n) is 18.9. The van der Waals surface area contributed by atoms with E-state index in [9.17, 15) is 28.8 Å². The number of carbonyl (C=O) groups excluding carboxylic acids is 4. The summed E-state index contributed by atoms with van der Waals surface area (Å²) < 4.78 is 0. The molecule has 4 aromatic heterocycles. The summed E-state index contributed by atoms with van der Waals surface area (Å²) in [7, 11) is 0. The summed E-state index contributed by atoms with van der Waals surface area (Å²) in [5.41, 5.74) is 12.5. The first-order valence-corrected chi connectivity index (χ1v) is 18.9. The zero-order chi connectivity index (χ0) is 52.5. The van der Waals surface area contributed by atoms with Gasteiger partial charge in [0.05, 0.1) is 6.42 Å². The number of hydrogen-bond donors (Lipinski definition) is 14. The largest absolute Gasteiger partial charge is 0.481 e. The fourth-order valence-corrected chi connectivity index (χ4v) is 6.12. The summed E-state index contributed by atoms with van der Waals surface area (Å²) >= 11 is 0. The fourth-order valence-electron chi connectivity index (χ4n) is 6.12. The highest BCUT2D eigenvalue weighted by Crippen LogP contribution is 2.21. The van der Waals surface area contributed by atoms with E-state index >= 15 is 0 Å². The molecule has 0 amide bonds. The van der Waals surface area contributed by atoms with Crippen LogP contribution < -0.4 is 11.9 Å². The smallest absolute Gasteiger partial charge is 0.373 e. The first-order chi connectivity index (χ1) is 33.2. The highest BCUT2D eigenvalue weighted by molar-refractivity contribution is 6.33.